The van der Waals surface area contributed by atoms with Gasteiger partial charge in [-0.3, -0.25) is 10.1 Å². The van der Waals surface area contributed by atoms with Crippen LogP contribution in [-0.2, 0) is 0 Å². The molecule has 0 atom stereocenters. The lowest BCUT2D eigenvalue weighted by Crippen LogP contribution is -2.17. The summed E-state index contributed by atoms with van der Waals surface area (Å²) in [6.45, 7) is 0. The summed E-state index contributed by atoms with van der Waals surface area (Å²) in [6.07, 6.45) is -0.624. The molecule has 1 aliphatic heterocycles. The molecule has 0 unspecified atom stereocenters. The third-order valence-corrected chi connectivity index (χ3v) is 3.91. The van der Waals surface area contributed by atoms with Crippen LogP contribution in [0.2, 0.25) is 0 Å². The van der Waals surface area contributed by atoms with Gasteiger partial charge in [0.1, 0.15) is 5.75 Å². The van der Waals surface area contributed by atoms with Gasteiger partial charge in [-0.1, -0.05) is 30.3 Å². The highest BCUT2D eigenvalue weighted by Gasteiger charge is 2.19. The molecule has 3 aromatic carbocycles. The van der Waals surface area contributed by atoms with Crippen molar-refractivity contribution >= 4 is 34.7 Å². The number of amides is 2. The number of benzene rings is 3. The van der Waals surface area contributed by atoms with Gasteiger partial charge in [0.25, 0.3) is 5.91 Å². The molecule has 0 aromatic heterocycles. The molecule has 0 spiro atoms. The summed E-state index contributed by atoms with van der Waals surface area (Å²) in [5.74, 6) is 0.187. The van der Waals surface area contributed by atoms with E-state index in [0.29, 0.717) is 28.4 Å². The van der Waals surface area contributed by atoms with Crippen LogP contribution in [0.1, 0.15) is 10.4 Å². The molecule has 1 heterocycles. The summed E-state index contributed by atoms with van der Waals surface area (Å²) in [4.78, 5) is 24.5. The normalized spacial score (nSPS) is 11.9. The predicted molar refractivity (Wildman–Crippen MR) is 100 cm³/mol. The molecule has 4 rings (SSSR count). The molecule has 0 fully saturated rings. The van der Waals surface area contributed by atoms with Crippen molar-refractivity contribution in [1.82, 2.24) is 0 Å². The lowest BCUT2D eigenvalue weighted by Gasteiger charge is -2.10. The summed E-state index contributed by atoms with van der Waals surface area (Å²) in [5, 5.41) is 8.71. The maximum atomic E-state index is 12.5. The first kappa shape index (κ1) is 15.7. The molecule has 2 amide bonds. The Morgan fingerprint density at radius 1 is 0.808 bits per heavy atom. The number of hydrogen-bond donors (Lipinski definition) is 3. The Labute approximate surface area is 149 Å². The van der Waals surface area contributed by atoms with Crippen molar-refractivity contribution < 1.29 is 14.3 Å². The van der Waals surface area contributed by atoms with E-state index in [4.69, 9.17) is 4.74 Å². The van der Waals surface area contributed by atoms with Gasteiger partial charge < -0.3 is 15.4 Å². The van der Waals surface area contributed by atoms with Crippen molar-refractivity contribution in [3.05, 3.63) is 78.4 Å². The minimum atomic E-state index is -0.624. The van der Waals surface area contributed by atoms with Crippen molar-refractivity contribution in [2.24, 2.45) is 0 Å². The van der Waals surface area contributed by atoms with Crippen LogP contribution in [-0.4, -0.2) is 12.0 Å². The summed E-state index contributed by atoms with van der Waals surface area (Å²) in [7, 11) is 0. The molecule has 3 aromatic rings. The minimum Gasteiger partial charge on any atom is -0.410 e. The second kappa shape index (κ2) is 6.60. The van der Waals surface area contributed by atoms with Crippen molar-refractivity contribution in [3.63, 3.8) is 0 Å². The van der Waals surface area contributed by atoms with E-state index in [0.717, 1.165) is 5.69 Å². The summed E-state index contributed by atoms with van der Waals surface area (Å²) < 4.78 is 5.20. The maximum Gasteiger partial charge on any atom is 0.417 e. The largest absolute Gasteiger partial charge is 0.417 e. The molecule has 1 aliphatic rings. The highest BCUT2D eigenvalue weighted by Crippen LogP contribution is 2.32. The quantitative estimate of drug-likeness (QED) is 0.634. The first-order valence-corrected chi connectivity index (χ1v) is 8.04. The first-order valence-electron chi connectivity index (χ1n) is 8.04. The van der Waals surface area contributed by atoms with Gasteiger partial charge in [-0.2, -0.15) is 0 Å². The van der Waals surface area contributed by atoms with Gasteiger partial charge in [-0.05, 0) is 42.5 Å². The van der Waals surface area contributed by atoms with E-state index in [2.05, 4.69) is 16.0 Å². The van der Waals surface area contributed by atoms with Crippen molar-refractivity contribution in [2.75, 3.05) is 16.0 Å². The highest BCUT2D eigenvalue weighted by atomic mass is 16.6. The van der Waals surface area contributed by atoms with E-state index in [1.54, 1.807) is 42.5 Å². The van der Waals surface area contributed by atoms with Gasteiger partial charge in [-0.15, -0.1) is 0 Å². The van der Waals surface area contributed by atoms with E-state index < -0.39 is 6.09 Å². The summed E-state index contributed by atoms with van der Waals surface area (Å²) >= 11 is 0. The van der Waals surface area contributed by atoms with Gasteiger partial charge in [0.05, 0.1) is 22.6 Å². The molecule has 0 saturated heterocycles. The topological polar surface area (TPSA) is 79.5 Å². The zero-order chi connectivity index (χ0) is 17.9. The molecule has 26 heavy (non-hydrogen) atoms. The van der Waals surface area contributed by atoms with Gasteiger partial charge in [0.15, 0.2) is 0 Å². The fourth-order valence-corrected chi connectivity index (χ4v) is 2.69. The molecule has 128 valence electrons. The molecule has 0 saturated carbocycles. The number of carbonyl (C=O) groups is 2. The lowest BCUT2D eigenvalue weighted by atomic mass is 10.1. The van der Waals surface area contributed by atoms with Crippen LogP contribution in [0, 0.1) is 0 Å². The van der Waals surface area contributed by atoms with E-state index >= 15 is 0 Å². The second-order valence-corrected chi connectivity index (χ2v) is 5.71. The van der Waals surface area contributed by atoms with Gasteiger partial charge in [0.2, 0.25) is 0 Å². The molecule has 3 N–H and O–H groups in total. The molecule has 0 radical (unpaired) electrons. The number of rotatable bonds is 2. The fraction of sp³-hybridized carbons (Fsp3) is 0. The zero-order valence-electron chi connectivity index (χ0n) is 13.7. The monoisotopic (exact) mass is 345 g/mol. The number of hydrogen-bond acceptors (Lipinski definition) is 4. The van der Waals surface area contributed by atoms with Crippen LogP contribution in [0.4, 0.5) is 27.5 Å². The fourth-order valence-electron chi connectivity index (χ4n) is 2.69. The molecular weight excluding hydrogens is 330 g/mol. The second-order valence-electron chi connectivity index (χ2n) is 5.71. The molecular formula is C20H15N3O3. The molecule has 0 bridgehead atoms. The number of carbonyl (C=O) groups excluding carboxylic acids is 2. The Bertz CT molecular complexity index is 987. The highest BCUT2D eigenvalue weighted by molar-refractivity contribution is 6.12. The van der Waals surface area contributed by atoms with Crippen LogP contribution in [0.25, 0.3) is 0 Å². The minimum absolute atomic E-state index is 0.252. The number of para-hydroxylation sites is 3. The average molecular weight is 345 g/mol. The third-order valence-electron chi connectivity index (χ3n) is 3.91. The van der Waals surface area contributed by atoms with Crippen LogP contribution >= 0.6 is 0 Å². The van der Waals surface area contributed by atoms with E-state index in [-0.39, 0.29) is 5.91 Å². The lowest BCUT2D eigenvalue weighted by molar-refractivity contribution is 0.102. The molecule has 0 aliphatic carbocycles. The Balaban J connectivity index is 1.55. The maximum absolute atomic E-state index is 12.5. The Hall–Kier alpha value is -3.80. The van der Waals surface area contributed by atoms with Gasteiger partial charge in [-0.25, -0.2) is 4.79 Å². The van der Waals surface area contributed by atoms with Crippen molar-refractivity contribution in [2.45, 2.75) is 0 Å². The average Bonchev–Trinajstić information content (AvgIpc) is 2.78. The van der Waals surface area contributed by atoms with Crippen LogP contribution in [0.15, 0.2) is 72.8 Å². The number of ether oxygens (including phenoxy) is 1. The Morgan fingerprint density at radius 3 is 2.27 bits per heavy atom. The standard InChI is InChI=1S/C20H15N3O3/c24-19-15-12-13(21-20(25)26-14-6-2-1-3-7-14)10-11-16(15)22-17-8-4-5-9-18(17)23-19/h1-12,22H,(H,21,25)(H,23,24). The van der Waals surface area contributed by atoms with Crippen LogP contribution in [0.3, 0.4) is 0 Å². The van der Waals surface area contributed by atoms with E-state index in [1.165, 1.54) is 0 Å². The van der Waals surface area contributed by atoms with Gasteiger partial charge in [0, 0.05) is 5.69 Å². The number of fused-ring (bicyclic) bond motifs is 2. The van der Waals surface area contributed by atoms with Crippen molar-refractivity contribution in [3.8, 4) is 5.75 Å². The predicted octanol–water partition coefficient (Wildman–Crippen LogP) is 4.61. The van der Waals surface area contributed by atoms with Crippen LogP contribution < -0.4 is 20.7 Å². The SMILES string of the molecule is O=C(Nc1ccc2c(c1)C(=O)Nc1ccccc1N2)Oc1ccccc1. The Morgan fingerprint density at radius 2 is 1.50 bits per heavy atom. The van der Waals surface area contributed by atoms with Gasteiger partial charge >= 0.3 is 6.09 Å². The number of nitrogens with one attached hydrogen (secondary N) is 3. The smallest absolute Gasteiger partial charge is 0.410 e. The van der Waals surface area contributed by atoms with E-state index in [1.807, 2.05) is 30.3 Å². The summed E-state index contributed by atoms with van der Waals surface area (Å²) in [6, 6.07) is 21.3. The van der Waals surface area contributed by atoms with Crippen LogP contribution in [0.5, 0.6) is 5.75 Å². The molecule has 6 heteroatoms. The first-order chi connectivity index (χ1) is 12.7. The zero-order valence-corrected chi connectivity index (χ0v) is 13.7. The summed E-state index contributed by atoms with van der Waals surface area (Å²) in [5.41, 5.74) is 3.07. The van der Waals surface area contributed by atoms with E-state index in [9.17, 15) is 9.59 Å². The Kier molecular flexibility index (Phi) is 3.99. The third kappa shape index (κ3) is 3.21. The molecule has 6 nitrogen and oxygen atoms in total. The number of anilines is 4. The van der Waals surface area contributed by atoms with Crippen molar-refractivity contribution in [1.29, 1.82) is 0 Å².